The predicted molar refractivity (Wildman–Crippen MR) is 67.5 cm³/mol. The van der Waals surface area contributed by atoms with Crippen LogP contribution in [0.15, 0.2) is 12.1 Å². The Morgan fingerprint density at radius 2 is 2.06 bits per heavy atom. The highest BCUT2D eigenvalue weighted by molar-refractivity contribution is 7.13. The third-order valence-electron chi connectivity index (χ3n) is 2.32. The van der Waals surface area contributed by atoms with Crippen LogP contribution in [0, 0.1) is 6.92 Å². The van der Waals surface area contributed by atoms with Gasteiger partial charge in [-0.05, 0) is 31.9 Å². The van der Waals surface area contributed by atoms with Crippen LogP contribution in [0.2, 0.25) is 0 Å². The molecule has 0 aliphatic carbocycles. The molecular formula is C12H17NO3S. The number of unbranched alkanes of at least 4 members (excludes halogenated alkanes) is 2. The molecule has 0 aromatic carbocycles. The quantitative estimate of drug-likeness (QED) is 0.735. The highest BCUT2D eigenvalue weighted by Crippen LogP contribution is 2.14. The molecule has 94 valence electrons. The van der Waals surface area contributed by atoms with Crippen LogP contribution in [0.1, 0.15) is 40.2 Å². The lowest BCUT2D eigenvalue weighted by Crippen LogP contribution is -2.23. The summed E-state index contributed by atoms with van der Waals surface area (Å²) in [5.74, 6) is -0.801. The second kappa shape index (κ2) is 7.06. The summed E-state index contributed by atoms with van der Waals surface area (Å²) in [7, 11) is 0. The fourth-order valence-corrected chi connectivity index (χ4v) is 2.21. The van der Waals surface area contributed by atoms with Gasteiger partial charge in [0, 0.05) is 17.8 Å². The van der Waals surface area contributed by atoms with Gasteiger partial charge in [-0.15, -0.1) is 11.3 Å². The fraction of sp³-hybridized carbons (Fsp3) is 0.500. The molecule has 0 saturated carbocycles. The minimum absolute atomic E-state index is 0.0404. The lowest BCUT2D eigenvalue weighted by molar-refractivity contribution is -0.137. The van der Waals surface area contributed by atoms with Crippen molar-refractivity contribution in [3.8, 4) is 0 Å². The number of thiophene rings is 1. The molecule has 0 bridgehead atoms. The van der Waals surface area contributed by atoms with Gasteiger partial charge < -0.3 is 10.4 Å². The zero-order valence-corrected chi connectivity index (χ0v) is 10.7. The van der Waals surface area contributed by atoms with E-state index in [1.807, 2.05) is 19.1 Å². The zero-order valence-electron chi connectivity index (χ0n) is 9.86. The van der Waals surface area contributed by atoms with E-state index in [1.54, 1.807) is 0 Å². The average Bonchev–Trinajstić information content (AvgIpc) is 2.69. The molecule has 1 amide bonds. The van der Waals surface area contributed by atoms with Crippen LogP contribution in [0.5, 0.6) is 0 Å². The first kappa shape index (κ1) is 13.7. The Morgan fingerprint density at radius 1 is 1.29 bits per heavy atom. The Kier molecular flexibility index (Phi) is 5.69. The fourth-order valence-electron chi connectivity index (χ4n) is 1.42. The summed E-state index contributed by atoms with van der Waals surface area (Å²) in [6.07, 6.45) is 2.53. The number of carbonyl (C=O) groups excluding carboxylic acids is 1. The number of rotatable bonds is 7. The number of hydrogen-bond acceptors (Lipinski definition) is 3. The molecule has 17 heavy (non-hydrogen) atoms. The van der Waals surface area contributed by atoms with Gasteiger partial charge in [0.15, 0.2) is 0 Å². The third-order valence-corrected chi connectivity index (χ3v) is 3.32. The van der Waals surface area contributed by atoms with E-state index in [-0.39, 0.29) is 12.3 Å². The Morgan fingerprint density at radius 3 is 2.65 bits per heavy atom. The lowest BCUT2D eigenvalue weighted by atomic mass is 10.2. The van der Waals surface area contributed by atoms with Gasteiger partial charge in [0.25, 0.3) is 5.91 Å². The van der Waals surface area contributed by atoms with Crippen molar-refractivity contribution in [3.05, 3.63) is 21.9 Å². The molecule has 0 atom stereocenters. The van der Waals surface area contributed by atoms with Crippen molar-refractivity contribution < 1.29 is 14.7 Å². The van der Waals surface area contributed by atoms with Crippen molar-refractivity contribution >= 4 is 23.2 Å². The van der Waals surface area contributed by atoms with Crippen molar-refractivity contribution in [2.24, 2.45) is 0 Å². The SMILES string of the molecule is Cc1ccc(C(=O)NCCCCCC(=O)O)s1. The maximum Gasteiger partial charge on any atom is 0.303 e. The standard InChI is InChI=1S/C12H17NO3S/c1-9-6-7-10(17-9)12(16)13-8-4-2-3-5-11(14)15/h6-7H,2-5,8H2,1H3,(H,13,16)(H,14,15). The van der Waals surface area contributed by atoms with Crippen molar-refractivity contribution in [2.45, 2.75) is 32.6 Å². The summed E-state index contributed by atoms with van der Waals surface area (Å²) in [6, 6.07) is 3.74. The molecule has 1 aromatic rings. The van der Waals surface area contributed by atoms with Gasteiger partial charge in [0.05, 0.1) is 4.88 Å². The normalized spacial score (nSPS) is 10.2. The summed E-state index contributed by atoms with van der Waals surface area (Å²) in [4.78, 5) is 23.7. The summed E-state index contributed by atoms with van der Waals surface area (Å²) in [6.45, 7) is 2.57. The smallest absolute Gasteiger partial charge is 0.303 e. The van der Waals surface area contributed by atoms with Crippen LogP contribution >= 0.6 is 11.3 Å². The van der Waals surface area contributed by atoms with E-state index in [2.05, 4.69) is 5.32 Å². The second-order valence-electron chi connectivity index (χ2n) is 3.87. The number of nitrogens with one attached hydrogen (secondary N) is 1. The van der Waals surface area contributed by atoms with Gasteiger partial charge in [-0.1, -0.05) is 6.42 Å². The number of aliphatic carboxylic acids is 1. The number of hydrogen-bond donors (Lipinski definition) is 2. The van der Waals surface area contributed by atoms with Crippen LogP contribution in [-0.2, 0) is 4.79 Å². The first-order chi connectivity index (χ1) is 8.09. The van der Waals surface area contributed by atoms with Crippen molar-refractivity contribution in [3.63, 3.8) is 0 Å². The largest absolute Gasteiger partial charge is 0.481 e. The van der Waals surface area contributed by atoms with Crippen LogP contribution in [-0.4, -0.2) is 23.5 Å². The van der Waals surface area contributed by atoms with Gasteiger partial charge in [-0.25, -0.2) is 0 Å². The maximum absolute atomic E-state index is 11.6. The topological polar surface area (TPSA) is 66.4 Å². The third kappa shape index (κ3) is 5.49. The molecule has 0 radical (unpaired) electrons. The highest BCUT2D eigenvalue weighted by atomic mass is 32.1. The van der Waals surface area contributed by atoms with Crippen molar-refractivity contribution in [1.29, 1.82) is 0 Å². The molecule has 0 unspecified atom stereocenters. The maximum atomic E-state index is 11.6. The van der Waals surface area contributed by atoms with E-state index in [9.17, 15) is 9.59 Å². The Hall–Kier alpha value is -1.36. The molecule has 5 heteroatoms. The molecule has 0 saturated heterocycles. The number of aryl methyl sites for hydroxylation is 1. The van der Waals surface area contributed by atoms with Crippen molar-refractivity contribution in [2.75, 3.05) is 6.54 Å². The van der Waals surface area contributed by atoms with Crippen LogP contribution in [0.3, 0.4) is 0 Å². The summed E-state index contributed by atoms with van der Waals surface area (Å²) < 4.78 is 0. The van der Waals surface area contributed by atoms with E-state index in [1.165, 1.54) is 11.3 Å². The molecule has 4 nitrogen and oxygen atoms in total. The molecule has 1 heterocycles. The molecule has 0 aliphatic rings. The molecule has 1 rings (SSSR count). The van der Waals surface area contributed by atoms with Crippen LogP contribution in [0.25, 0.3) is 0 Å². The summed E-state index contributed by atoms with van der Waals surface area (Å²) in [5.41, 5.74) is 0. The Labute approximate surface area is 105 Å². The number of carboxylic acid groups (broad SMARTS) is 1. The second-order valence-corrected chi connectivity index (χ2v) is 5.16. The van der Waals surface area contributed by atoms with Gasteiger partial charge in [-0.2, -0.15) is 0 Å². The van der Waals surface area contributed by atoms with Gasteiger partial charge in [0.2, 0.25) is 0 Å². The highest BCUT2D eigenvalue weighted by Gasteiger charge is 2.06. The number of carbonyl (C=O) groups is 2. The van der Waals surface area contributed by atoms with E-state index < -0.39 is 5.97 Å². The molecule has 0 fully saturated rings. The number of amides is 1. The first-order valence-corrected chi connectivity index (χ1v) is 6.47. The zero-order chi connectivity index (χ0) is 12.7. The Balaban J connectivity index is 2.11. The summed E-state index contributed by atoms with van der Waals surface area (Å²) >= 11 is 1.48. The molecular weight excluding hydrogens is 238 g/mol. The van der Waals surface area contributed by atoms with Crippen LogP contribution < -0.4 is 5.32 Å². The number of carboxylic acids is 1. The lowest BCUT2D eigenvalue weighted by Gasteiger charge is -2.02. The monoisotopic (exact) mass is 255 g/mol. The summed E-state index contributed by atoms with van der Waals surface area (Å²) in [5, 5.41) is 11.3. The molecule has 0 spiro atoms. The van der Waals surface area contributed by atoms with E-state index >= 15 is 0 Å². The van der Waals surface area contributed by atoms with Gasteiger partial charge in [0.1, 0.15) is 0 Å². The Bertz CT molecular complexity index is 387. The van der Waals surface area contributed by atoms with E-state index in [4.69, 9.17) is 5.11 Å². The van der Waals surface area contributed by atoms with Gasteiger partial charge >= 0.3 is 5.97 Å². The van der Waals surface area contributed by atoms with E-state index in [0.717, 1.165) is 22.6 Å². The first-order valence-electron chi connectivity index (χ1n) is 5.66. The minimum atomic E-state index is -0.761. The molecule has 2 N–H and O–H groups in total. The van der Waals surface area contributed by atoms with E-state index in [0.29, 0.717) is 13.0 Å². The molecule has 0 aliphatic heterocycles. The molecule has 1 aromatic heterocycles. The van der Waals surface area contributed by atoms with Crippen molar-refractivity contribution in [1.82, 2.24) is 5.32 Å². The predicted octanol–water partition coefficient (Wildman–Crippen LogP) is 2.43. The van der Waals surface area contributed by atoms with Crippen LogP contribution in [0.4, 0.5) is 0 Å². The average molecular weight is 255 g/mol. The van der Waals surface area contributed by atoms with Gasteiger partial charge in [-0.3, -0.25) is 9.59 Å². The minimum Gasteiger partial charge on any atom is -0.481 e.